The summed E-state index contributed by atoms with van der Waals surface area (Å²) in [6.45, 7) is 8.36. The van der Waals surface area contributed by atoms with E-state index >= 15 is 0 Å². The summed E-state index contributed by atoms with van der Waals surface area (Å²) in [7, 11) is 0. The van der Waals surface area contributed by atoms with Crippen LogP contribution in [0.1, 0.15) is 36.8 Å². The van der Waals surface area contributed by atoms with Gasteiger partial charge in [-0.3, -0.25) is 4.79 Å². The van der Waals surface area contributed by atoms with Crippen LogP contribution in [0.5, 0.6) is 0 Å². The largest absolute Gasteiger partial charge is 0.347 e. The Morgan fingerprint density at radius 2 is 1.64 bits per heavy atom. The summed E-state index contributed by atoms with van der Waals surface area (Å²) >= 11 is 0. The molecular weight excluding hydrogens is 279 g/mol. The number of rotatable bonds is 5. The maximum absolute atomic E-state index is 13.1. The van der Waals surface area contributed by atoms with E-state index in [0.717, 1.165) is 17.0 Å². The highest BCUT2D eigenvalue weighted by molar-refractivity contribution is 5.76. The quantitative estimate of drug-likeness (QED) is 0.896. The first-order chi connectivity index (χ1) is 10.4. The number of aryl methyl sites for hydroxylation is 2. The molecule has 2 aromatic rings. The number of aromatic nitrogens is 1. The molecule has 0 bridgehead atoms. The summed E-state index contributed by atoms with van der Waals surface area (Å²) < 4.78 is 15.0. The Morgan fingerprint density at radius 3 is 2.14 bits per heavy atom. The third kappa shape index (κ3) is 3.75. The zero-order valence-electron chi connectivity index (χ0n) is 13.6. The van der Waals surface area contributed by atoms with E-state index in [-0.39, 0.29) is 23.7 Å². The second-order valence-corrected chi connectivity index (χ2v) is 6.04. The number of hydrogen-bond donors (Lipinski definition) is 1. The van der Waals surface area contributed by atoms with E-state index in [2.05, 4.69) is 5.32 Å². The van der Waals surface area contributed by atoms with Crippen LogP contribution in [0.15, 0.2) is 36.4 Å². The van der Waals surface area contributed by atoms with Crippen LogP contribution in [0.2, 0.25) is 0 Å². The zero-order valence-corrected chi connectivity index (χ0v) is 13.6. The summed E-state index contributed by atoms with van der Waals surface area (Å²) in [4.78, 5) is 12.4. The Bertz CT molecular complexity index is 624. The van der Waals surface area contributed by atoms with Crippen LogP contribution in [-0.4, -0.2) is 10.5 Å². The number of halogens is 1. The van der Waals surface area contributed by atoms with E-state index < -0.39 is 0 Å². The van der Waals surface area contributed by atoms with Gasteiger partial charge in [0.15, 0.2) is 0 Å². The number of amides is 1. The van der Waals surface area contributed by atoms with Gasteiger partial charge in [0.2, 0.25) is 5.91 Å². The molecule has 1 atom stereocenters. The first-order valence-corrected chi connectivity index (χ1v) is 7.56. The molecule has 4 heteroatoms. The SMILES string of the molecule is Cc1ccc(C)n1CC(=O)NC(c1ccc(F)cc1)C(C)C. The molecule has 1 aromatic heterocycles. The van der Waals surface area contributed by atoms with Crippen LogP contribution in [0.4, 0.5) is 4.39 Å². The van der Waals surface area contributed by atoms with Crippen molar-refractivity contribution in [1.29, 1.82) is 0 Å². The summed E-state index contributed by atoms with van der Waals surface area (Å²) in [6.07, 6.45) is 0. The smallest absolute Gasteiger partial charge is 0.240 e. The molecule has 0 aliphatic heterocycles. The summed E-state index contributed by atoms with van der Waals surface area (Å²) in [5.41, 5.74) is 3.05. The van der Waals surface area contributed by atoms with Gasteiger partial charge in [-0.2, -0.15) is 0 Å². The van der Waals surface area contributed by atoms with E-state index in [1.807, 2.05) is 44.4 Å². The maximum Gasteiger partial charge on any atom is 0.240 e. The Hall–Kier alpha value is -2.10. The Labute approximate surface area is 131 Å². The van der Waals surface area contributed by atoms with E-state index in [4.69, 9.17) is 0 Å². The van der Waals surface area contributed by atoms with Crippen molar-refractivity contribution in [2.24, 2.45) is 5.92 Å². The standard InChI is InChI=1S/C18H23FN2O/c1-12(2)18(15-7-9-16(19)10-8-15)20-17(22)11-21-13(3)5-6-14(21)4/h5-10,12,18H,11H2,1-4H3,(H,20,22). The van der Waals surface area contributed by atoms with Gasteiger partial charge >= 0.3 is 0 Å². The molecule has 118 valence electrons. The lowest BCUT2D eigenvalue weighted by molar-refractivity contribution is -0.122. The van der Waals surface area contributed by atoms with Crippen molar-refractivity contribution >= 4 is 5.91 Å². The van der Waals surface area contributed by atoms with Gasteiger partial charge in [0.1, 0.15) is 12.4 Å². The Kier molecular flexibility index (Phi) is 5.01. The van der Waals surface area contributed by atoms with E-state index in [9.17, 15) is 9.18 Å². The number of nitrogens with zero attached hydrogens (tertiary/aromatic N) is 1. The molecule has 22 heavy (non-hydrogen) atoms. The molecule has 0 saturated carbocycles. The normalized spacial score (nSPS) is 12.5. The lowest BCUT2D eigenvalue weighted by Gasteiger charge is -2.23. The topological polar surface area (TPSA) is 34.0 Å². The van der Waals surface area contributed by atoms with Crippen molar-refractivity contribution in [1.82, 2.24) is 9.88 Å². The van der Waals surface area contributed by atoms with E-state index in [1.54, 1.807) is 12.1 Å². The predicted molar refractivity (Wildman–Crippen MR) is 86.0 cm³/mol. The van der Waals surface area contributed by atoms with Gasteiger partial charge in [-0.1, -0.05) is 26.0 Å². The molecule has 1 heterocycles. The highest BCUT2D eigenvalue weighted by Crippen LogP contribution is 2.22. The van der Waals surface area contributed by atoms with Crippen LogP contribution in [0.25, 0.3) is 0 Å². The minimum atomic E-state index is -0.267. The molecule has 0 fully saturated rings. The molecule has 0 saturated heterocycles. The van der Waals surface area contributed by atoms with Gasteiger partial charge in [0.05, 0.1) is 6.04 Å². The molecule has 0 spiro atoms. The van der Waals surface area contributed by atoms with Gasteiger partial charge in [0.25, 0.3) is 0 Å². The third-order valence-electron chi connectivity index (χ3n) is 3.93. The summed E-state index contributed by atoms with van der Waals surface area (Å²) in [5, 5.41) is 3.06. The van der Waals surface area contributed by atoms with Gasteiger partial charge in [-0.15, -0.1) is 0 Å². The molecule has 1 amide bonds. The van der Waals surface area contributed by atoms with Crippen LogP contribution in [0.3, 0.4) is 0 Å². The first-order valence-electron chi connectivity index (χ1n) is 7.56. The average molecular weight is 302 g/mol. The number of nitrogens with one attached hydrogen (secondary N) is 1. The molecule has 1 N–H and O–H groups in total. The minimum Gasteiger partial charge on any atom is -0.347 e. The van der Waals surface area contributed by atoms with Crippen LogP contribution >= 0.6 is 0 Å². The highest BCUT2D eigenvalue weighted by Gasteiger charge is 2.19. The molecular formula is C18H23FN2O. The molecule has 0 aliphatic rings. The summed E-state index contributed by atoms with van der Waals surface area (Å²) in [6, 6.07) is 10.2. The van der Waals surface area contributed by atoms with Crippen molar-refractivity contribution in [2.75, 3.05) is 0 Å². The average Bonchev–Trinajstić information content (AvgIpc) is 2.77. The van der Waals surface area contributed by atoms with Crippen molar-refractivity contribution in [3.05, 3.63) is 59.2 Å². The number of hydrogen-bond acceptors (Lipinski definition) is 1. The van der Waals surface area contributed by atoms with Gasteiger partial charge in [-0.25, -0.2) is 4.39 Å². The van der Waals surface area contributed by atoms with Gasteiger partial charge in [0, 0.05) is 11.4 Å². The lowest BCUT2D eigenvalue weighted by atomic mass is 9.96. The lowest BCUT2D eigenvalue weighted by Crippen LogP contribution is -2.34. The van der Waals surface area contributed by atoms with Crippen molar-refractivity contribution < 1.29 is 9.18 Å². The molecule has 0 radical (unpaired) electrons. The van der Waals surface area contributed by atoms with E-state index in [1.165, 1.54) is 12.1 Å². The minimum absolute atomic E-state index is 0.0366. The van der Waals surface area contributed by atoms with Crippen molar-refractivity contribution in [3.63, 3.8) is 0 Å². The monoisotopic (exact) mass is 302 g/mol. The van der Waals surface area contributed by atoms with Crippen LogP contribution in [-0.2, 0) is 11.3 Å². The van der Waals surface area contributed by atoms with Gasteiger partial charge in [-0.05, 0) is 49.6 Å². The molecule has 1 unspecified atom stereocenters. The number of carbonyl (C=O) groups excluding carboxylic acids is 1. The zero-order chi connectivity index (χ0) is 16.3. The predicted octanol–water partition coefficient (Wildman–Crippen LogP) is 3.76. The number of benzene rings is 1. The first kappa shape index (κ1) is 16.3. The third-order valence-corrected chi connectivity index (χ3v) is 3.93. The fourth-order valence-electron chi connectivity index (χ4n) is 2.62. The molecule has 2 rings (SSSR count). The number of carbonyl (C=O) groups is 1. The van der Waals surface area contributed by atoms with Crippen molar-refractivity contribution in [3.8, 4) is 0 Å². The van der Waals surface area contributed by atoms with Crippen molar-refractivity contribution in [2.45, 2.75) is 40.3 Å². The van der Waals surface area contributed by atoms with Gasteiger partial charge < -0.3 is 9.88 Å². The Balaban J connectivity index is 2.11. The van der Waals surface area contributed by atoms with Crippen LogP contribution in [0, 0.1) is 25.6 Å². The van der Waals surface area contributed by atoms with Crippen LogP contribution < -0.4 is 5.32 Å². The molecule has 3 nitrogen and oxygen atoms in total. The fourth-order valence-corrected chi connectivity index (χ4v) is 2.62. The second-order valence-electron chi connectivity index (χ2n) is 6.04. The Morgan fingerprint density at radius 1 is 1.09 bits per heavy atom. The maximum atomic E-state index is 13.1. The molecule has 0 aliphatic carbocycles. The fraction of sp³-hybridized carbons (Fsp3) is 0.389. The summed E-state index contributed by atoms with van der Waals surface area (Å²) in [5.74, 6) is -0.0807. The molecule has 1 aromatic carbocycles. The highest BCUT2D eigenvalue weighted by atomic mass is 19.1. The van der Waals surface area contributed by atoms with E-state index in [0.29, 0.717) is 6.54 Å². The second kappa shape index (κ2) is 6.77.